The molecule has 1 amide bonds. The molecule has 0 unspecified atom stereocenters. The van der Waals surface area contributed by atoms with Crippen molar-refractivity contribution in [1.82, 2.24) is 20.0 Å². The number of amides is 1. The monoisotopic (exact) mass is 441 g/mol. The van der Waals surface area contributed by atoms with Crippen LogP contribution < -0.4 is 10.1 Å². The van der Waals surface area contributed by atoms with Gasteiger partial charge < -0.3 is 10.1 Å². The van der Waals surface area contributed by atoms with E-state index >= 15 is 0 Å². The average molecular weight is 442 g/mol. The number of carbonyl (C=O) groups is 1. The first-order valence-corrected chi connectivity index (χ1v) is 10.6. The van der Waals surface area contributed by atoms with Gasteiger partial charge in [-0.1, -0.05) is 25.3 Å². The lowest BCUT2D eigenvalue weighted by Crippen LogP contribution is -2.41. The van der Waals surface area contributed by atoms with Crippen LogP contribution in [0.25, 0.3) is 6.08 Å². The molecule has 1 aliphatic heterocycles. The van der Waals surface area contributed by atoms with E-state index in [0.29, 0.717) is 23.1 Å². The van der Waals surface area contributed by atoms with Crippen LogP contribution in [-0.4, -0.2) is 43.8 Å². The number of rotatable bonds is 6. The number of thiocarbonyl (C=S) groups is 1. The highest BCUT2D eigenvalue weighted by atomic mass is 32.1. The number of benzene rings is 1. The van der Waals surface area contributed by atoms with Crippen LogP contribution in [0.1, 0.15) is 43.2 Å². The minimum absolute atomic E-state index is 0.0747. The number of nitro groups is 1. The smallest absolute Gasteiger partial charge is 0.307 e. The Morgan fingerprint density at radius 2 is 2.13 bits per heavy atom. The van der Waals surface area contributed by atoms with E-state index in [4.69, 9.17) is 17.0 Å². The average Bonchev–Trinajstić information content (AvgIpc) is 3.33. The molecule has 4 rings (SSSR count). The summed E-state index contributed by atoms with van der Waals surface area (Å²) in [6, 6.07) is 5.69. The highest BCUT2D eigenvalue weighted by Gasteiger charge is 2.36. The number of hydrogen-bond donors (Lipinski definition) is 1. The predicted molar refractivity (Wildman–Crippen MR) is 118 cm³/mol. The maximum atomic E-state index is 13.0. The summed E-state index contributed by atoms with van der Waals surface area (Å²) in [5, 5.41) is 18.5. The molecule has 1 N–H and O–H groups in total. The molecule has 1 saturated heterocycles. The Bertz CT molecular complexity index is 1060. The Kier molecular flexibility index (Phi) is 5.99. The van der Waals surface area contributed by atoms with Crippen molar-refractivity contribution in [1.29, 1.82) is 0 Å². The molecule has 0 spiro atoms. The van der Waals surface area contributed by atoms with E-state index in [1.165, 1.54) is 23.5 Å². The molecule has 31 heavy (non-hydrogen) atoms. The van der Waals surface area contributed by atoms with Crippen molar-refractivity contribution in [3.63, 3.8) is 0 Å². The van der Waals surface area contributed by atoms with Crippen LogP contribution in [-0.2, 0) is 11.3 Å². The minimum atomic E-state index is -0.486. The normalized spacial score (nSPS) is 18.5. The van der Waals surface area contributed by atoms with Gasteiger partial charge in [0.1, 0.15) is 23.8 Å². The summed E-state index contributed by atoms with van der Waals surface area (Å²) < 4.78 is 6.90. The van der Waals surface area contributed by atoms with E-state index in [0.717, 1.165) is 36.8 Å². The molecule has 2 heterocycles. The van der Waals surface area contributed by atoms with E-state index in [-0.39, 0.29) is 17.6 Å². The van der Waals surface area contributed by atoms with E-state index in [1.54, 1.807) is 24.2 Å². The first kappa shape index (κ1) is 21.0. The third-order valence-corrected chi connectivity index (χ3v) is 5.93. The van der Waals surface area contributed by atoms with Gasteiger partial charge in [-0.2, -0.15) is 5.10 Å². The molecule has 2 aromatic rings. The number of aromatic nitrogens is 2. The molecule has 2 aliphatic rings. The zero-order valence-corrected chi connectivity index (χ0v) is 17.9. The Labute approximate surface area is 184 Å². The third-order valence-electron chi connectivity index (χ3n) is 5.63. The van der Waals surface area contributed by atoms with Crippen molar-refractivity contribution in [3.8, 4) is 5.75 Å². The van der Waals surface area contributed by atoms with Gasteiger partial charge in [0.15, 0.2) is 5.11 Å². The molecule has 1 aromatic heterocycles. The Hall–Kier alpha value is -3.27. The zero-order chi connectivity index (χ0) is 22.0. The SMILES string of the molecule is COc1ccc(/C=C2\NC(=S)N(C3CCCCC3)C2=O)cc1Cn1cc([N+](=O)[O-])cn1. The van der Waals surface area contributed by atoms with Gasteiger partial charge in [0.2, 0.25) is 0 Å². The Balaban J connectivity index is 1.57. The lowest BCUT2D eigenvalue weighted by molar-refractivity contribution is -0.385. The first-order valence-electron chi connectivity index (χ1n) is 10.2. The molecular weight excluding hydrogens is 418 g/mol. The maximum absolute atomic E-state index is 13.0. The van der Waals surface area contributed by atoms with Gasteiger partial charge in [-0.25, -0.2) is 0 Å². The van der Waals surface area contributed by atoms with Gasteiger partial charge in [-0.3, -0.25) is 24.5 Å². The topological polar surface area (TPSA) is 103 Å². The Morgan fingerprint density at radius 1 is 1.35 bits per heavy atom. The van der Waals surface area contributed by atoms with Crippen LogP contribution in [0.15, 0.2) is 36.3 Å². The number of nitrogens with one attached hydrogen (secondary N) is 1. The maximum Gasteiger partial charge on any atom is 0.307 e. The molecule has 2 fully saturated rings. The number of methoxy groups -OCH3 is 1. The standard InChI is InChI=1S/C21H23N5O4S/c1-30-19-8-7-14(9-15(19)12-24-13-17(11-22-24)26(28)29)10-18-20(27)25(21(31)23-18)16-5-3-2-4-6-16/h7-11,13,16H,2-6,12H2,1H3,(H,23,31)/b18-10-. The van der Waals surface area contributed by atoms with E-state index in [2.05, 4.69) is 10.4 Å². The quantitative estimate of drug-likeness (QED) is 0.318. The van der Waals surface area contributed by atoms with Gasteiger partial charge in [0, 0.05) is 11.6 Å². The van der Waals surface area contributed by atoms with Crippen LogP contribution in [0.5, 0.6) is 5.75 Å². The second-order valence-corrected chi connectivity index (χ2v) is 8.07. The molecule has 1 saturated carbocycles. The molecule has 9 nitrogen and oxygen atoms in total. The summed E-state index contributed by atoms with van der Waals surface area (Å²) in [5.41, 5.74) is 1.95. The van der Waals surface area contributed by atoms with Crippen LogP contribution in [0.2, 0.25) is 0 Å². The third kappa shape index (κ3) is 4.43. The fourth-order valence-corrected chi connectivity index (χ4v) is 4.45. The summed E-state index contributed by atoms with van der Waals surface area (Å²) >= 11 is 5.43. The van der Waals surface area contributed by atoms with E-state index in [9.17, 15) is 14.9 Å². The van der Waals surface area contributed by atoms with Crippen molar-refractivity contribution in [3.05, 3.63) is 57.5 Å². The van der Waals surface area contributed by atoms with Crippen LogP contribution in [0.4, 0.5) is 5.69 Å². The molecule has 0 bridgehead atoms. The van der Waals surface area contributed by atoms with Gasteiger partial charge in [0.25, 0.3) is 5.91 Å². The van der Waals surface area contributed by atoms with E-state index < -0.39 is 4.92 Å². The molecule has 1 aliphatic carbocycles. The molecule has 10 heteroatoms. The van der Waals surface area contributed by atoms with Gasteiger partial charge in [-0.15, -0.1) is 0 Å². The second kappa shape index (κ2) is 8.84. The van der Waals surface area contributed by atoms with Crippen LogP contribution >= 0.6 is 12.2 Å². The molecule has 162 valence electrons. The van der Waals surface area contributed by atoms with Crippen LogP contribution in [0, 0.1) is 10.1 Å². The summed E-state index contributed by atoms with van der Waals surface area (Å²) in [6.45, 7) is 0.294. The first-order chi connectivity index (χ1) is 15.0. The minimum Gasteiger partial charge on any atom is -0.496 e. The summed E-state index contributed by atoms with van der Waals surface area (Å²) in [7, 11) is 1.56. The van der Waals surface area contributed by atoms with Crippen molar-refractivity contribution in [2.45, 2.75) is 44.7 Å². The largest absolute Gasteiger partial charge is 0.496 e. The lowest BCUT2D eigenvalue weighted by atomic mass is 9.94. The van der Waals surface area contributed by atoms with Crippen LogP contribution in [0.3, 0.4) is 0 Å². The van der Waals surface area contributed by atoms with Gasteiger partial charge >= 0.3 is 5.69 Å². The predicted octanol–water partition coefficient (Wildman–Crippen LogP) is 3.24. The highest BCUT2D eigenvalue weighted by Crippen LogP contribution is 2.28. The van der Waals surface area contributed by atoms with Crippen molar-refractivity contribution >= 4 is 35.0 Å². The highest BCUT2D eigenvalue weighted by molar-refractivity contribution is 7.80. The number of nitrogens with zero attached hydrogens (tertiary/aromatic N) is 4. The molecule has 1 aromatic carbocycles. The molecule has 0 atom stereocenters. The fraction of sp³-hybridized carbons (Fsp3) is 0.381. The van der Waals surface area contributed by atoms with Crippen molar-refractivity contribution in [2.75, 3.05) is 7.11 Å². The Morgan fingerprint density at radius 3 is 2.81 bits per heavy atom. The van der Waals surface area contributed by atoms with Crippen molar-refractivity contribution in [2.24, 2.45) is 0 Å². The van der Waals surface area contributed by atoms with E-state index in [1.807, 2.05) is 12.1 Å². The van der Waals surface area contributed by atoms with Gasteiger partial charge in [-0.05, 0) is 48.8 Å². The zero-order valence-electron chi connectivity index (χ0n) is 17.1. The molecule has 0 radical (unpaired) electrons. The number of hydrogen-bond acceptors (Lipinski definition) is 6. The lowest BCUT2D eigenvalue weighted by Gasteiger charge is -2.29. The number of ether oxygens (including phenoxy) is 1. The molecular formula is C21H23N5O4S. The number of carbonyl (C=O) groups excluding carboxylic acids is 1. The fourth-order valence-electron chi connectivity index (χ4n) is 4.11. The summed E-state index contributed by atoms with van der Waals surface area (Å²) in [4.78, 5) is 25.1. The van der Waals surface area contributed by atoms with Gasteiger partial charge in [0.05, 0.1) is 18.6 Å². The second-order valence-electron chi connectivity index (χ2n) is 7.68. The summed E-state index contributed by atoms with van der Waals surface area (Å²) in [6.07, 6.45) is 9.73. The summed E-state index contributed by atoms with van der Waals surface area (Å²) in [5.74, 6) is 0.530. The van der Waals surface area contributed by atoms with Crippen molar-refractivity contribution < 1.29 is 14.5 Å².